The second-order valence-corrected chi connectivity index (χ2v) is 8.92. The van der Waals surface area contributed by atoms with Crippen molar-refractivity contribution in [1.29, 1.82) is 0 Å². The first-order valence-corrected chi connectivity index (χ1v) is 11.6. The van der Waals surface area contributed by atoms with Gasteiger partial charge in [-0.3, -0.25) is 9.36 Å². The number of hydrogen-bond donors (Lipinski definition) is 0. The van der Waals surface area contributed by atoms with Crippen LogP contribution in [0, 0.1) is 0 Å². The van der Waals surface area contributed by atoms with Gasteiger partial charge in [-0.2, -0.15) is 0 Å². The fraction of sp³-hybridized carbons (Fsp3) is 0.148. The van der Waals surface area contributed by atoms with E-state index in [1.165, 1.54) is 18.4 Å². The summed E-state index contributed by atoms with van der Waals surface area (Å²) in [5, 5.41) is 2.16. The first kappa shape index (κ1) is 21.9. The zero-order valence-electron chi connectivity index (χ0n) is 18.9. The van der Waals surface area contributed by atoms with Gasteiger partial charge in [0.05, 0.1) is 36.1 Å². The van der Waals surface area contributed by atoms with Gasteiger partial charge in [0.15, 0.2) is 4.80 Å². The van der Waals surface area contributed by atoms with Gasteiger partial charge in [-0.25, -0.2) is 9.79 Å². The molecule has 5 rings (SSSR count). The molecule has 1 aromatic heterocycles. The molecule has 0 spiro atoms. The van der Waals surface area contributed by atoms with Crippen molar-refractivity contribution in [2.24, 2.45) is 4.99 Å². The van der Waals surface area contributed by atoms with Gasteiger partial charge in [0.2, 0.25) is 0 Å². The maximum Gasteiger partial charge on any atom is 0.338 e. The average molecular weight is 471 g/mol. The lowest BCUT2D eigenvalue weighted by Crippen LogP contribution is -2.39. The van der Waals surface area contributed by atoms with Crippen molar-refractivity contribution < 1.29 is 14.3 Å². The molecule has 1 atom stereocenters. The lowest BCUT2D eigenvalue weighted by Gasteiger charge is -2.24. The monoisotopic (exact) mass is 470 g/mol. The molecule has 0 aliphatic carbocycles. The molecule has 2 heterocycles. The predicted molar refractivity (Wildman–Crippen MR) is 133 cm³/mol. The van der Waals surface area contributed by atoms with Crippen molar-refractivity contribution in [1.82, 2.24) is 4.57 Å². The number of ether oxygens (including phenoxy) is 2. The molecule has 1 aliphatic heterocycles. The Labute approximate surface area is 199 Å². The van der Waals surface area contributed by atoms with Crippen LogP contribution >= 0.6 is 11.3 Å². The molecule has 0 fully saturated rings. The summed E-state index contributed by atoms with van der Waals surface area (Å²) in [5.74, 6) is 0.179. The third-order valence-electron chi connectivity index (χ3n) is 5.97. The van der Waals surface area contributed by atoms with Gasteiger partial charge in [-0.1, -0.05) is 65.9 Å². The number of benzene rings is 3. The Kier molecular flexibility index (Phi) is 5.63. The summed E-state index contributed by atoms with van der Waals surface area (Å²) in [5.41, 5.74) is 2.40. The molecular weight excluding hydrogens is 448 g/mol. The molecule has 7 heteroatoms. The topological polar surface area (TPSA) is 69.9 Å². The van der Waals surface area contributed by atoms with Crippen LogP contribution in [0.1, 0.15) is 24.1 Å². The van der Waals surface area contributed by atoms with E-state index in [2.05, 4.69) is 4.99 Å². The predicted octanol–water partition coefficient (Wildman–Crippen LogP) is 3.57. The van der Waals surface area contributed by atoms with E-state index in [1.807, 2.05) is 72.8 Å². The Hall–Kier alpha value is -3.97. The fourth-order valence-corrected chi connectivity index (χ4v) is 5.35. The summed E-state index contributed by atoms with van der Waals surface area (Å²) in [4.78, 5) is 31.6. The molecule has 4 aromatic rings. The van der Waals surface area contributed by atoms with Gasteiger partial charge in [-0.05, 0) is 47.0 Å². The van der Waals surface area contributed by atoms with E-state index in [4.69, 9.17) is 9.47 Å². The Morgan fingerprint density at radius 3 is 2.50 bits per heavy atom. The highest BCUT2D eigenvalue weighted by Crippen LogP contribution is 2.31. The minimum atomic E-state index is -0.649. The second-order valence-electron chi connectivity index (χ2n) is 7.91. The molecule has 0 amide bonds. The Morgan fingerprint density at radius 2 is 1.76 bits per heavy atom. The molecular formula is C27H22N2O4S. The van der Waals surface area contributed by atoms with Crippen molar-refractivity contribution in [3.8, 4) is 5.75 Å². The molecule has 0 bridgehead atoms. The van der Waals surface area contributed by atoms with Crippen molar-refractivity contribution >= 4 is 34.2 Å². The number of nitrogens with zero attached hydrogens (tertiary/aromatic N) is 2. The van der Waals surface area contributed by atoms with E-state index in [0.29, 0.717) is 26.4 Å². The SMILES string of the molecule is COC(=O)C1=C(C)N=c2sc(=Cc3cccc4ccccc34)c(=O)n2C1c1ccc(OC)cc1. The number of aromatic nitrogens is 1. The van der Waals surface area contributed by atoms with Gasteiger partial charge in [0.1, 0.15) is 5.75 Å². The van der Waals surface area contributed by atoms with Crippen molar-refractivity contribution in [2.45, 2.75) is 13.0 Å². The van der Waals surface area contributed by atoms with Crippen molar-refractivity contribution in [2.75, 3.05) is 14.2 Å². The van der Waals surface area contributed by atoms with Crippen LogP contribution in [0.25, 0.3) is 16.8 Å². The van der Waals surface area contributed by atoms with E-state index in [9.17, 15) is 9.59 Å². The third-order valence-corrected chi connectivity index (χ3v) is 6.95. The number of carbonyl (C=O) groups is 1. The summed E-state index contributed by atoms with van der Waals surface area (Å²) in [7, 11) is 2.93. The molecule has 170 valence electrons. The Bertz CT molecular complexity index is 1620. The van der Waals surface area contributed by atoms with E-state index in [-0.39, 0.29) is 5.56 Å². The first-order chi connectivity index (χ1) is 16.5. The maximum atomic E-state index is 13.7. The minimum absolute atomic E-state index is 0.202. The fourth-order valence-electron chi connectivity index (χ4n) is 4.31. The molecule has 0 N–H and O–H groups in total. The van der Waals surface area contributed by atoms with Crippen LogP contribution in [0.2, 0.25) is 0 Å². The number of hydrogen-bond acceptors (Lipinski definition) is 6. The number of fused-ring (bicyclic) bond motifs is 2. The molecule has 0 saturated heterocycles. The van der Waals surface area contributed by atoms with Crippen molar-refractivity contribution in [3.63, 3.8) is 0 Å². The lowest BCUT2D eigenvalue weighted by molar-refractivity contribution is -0.136. The van der Waals surface area contributed by atoms with E-state index in [1.54, 1.807) is 18.6 Å². The van der Waals surface area contributed by atoms with Crippen LogP contribution in [-0.4, -0.2) is 24.8 Å². The Balaban J connectivity index is 1.75. The van der Waals surface area contributed by atoms with E-state index in [0.717, 1.165) is 21.9 Å². The summed E-state index contributed by atoms with van der Waals surface area (Å²) >= 11 is 1.31. The number of carbonyl (C=O) groups excluding carboxylic acids is 1. The first-order valence-electron chi connectivity index (χ1n) is 10.7. The summed E-state index contributed by atoms with van der Waals surface area (Å²) in [6.07, 6.45) is 1.90. The van der Waals surface area contributed by atoms with Crippen LogP contribution in [0.5, 0.6) is 5.75 Å². The minimum Gasteiger partial charge on any atom is -0.497 e. The highest BCUT2D eigenvalue weighted by Gasteiger charge is 2.33. The normalized spacial score (nSPS) is 15.7. The number of allylic oxidation sites excluding steroid dienone is 1. The average Bonchev–Trinajstić information content (AvgIpc) is 3.17. The van der Waals surface area contributed by atoms with Gasteiger partial charge in [0.25, 0.3) is 5.56 Å². The van der Waals surface area contributed by atoms with Gasteiger partial charge < -0.3 is 9.47 Å². The summed E-state index contributed by atoms with van der Waals surface area (Å²) in [6.45, 7) is 1.77. The van der Waals surface area contributed by atoms with Crippen LogP contribution in [0.4, 0.5) is 0 Å². The van der Waals surface area contributed by atoms with Crippen LogP contribution < -0.4 is 19.6 Å². The van der Waals surface area contributed by atoms with Gasteiger partial charge in [-0.15, -0.1) is 0 Å². The molecule has 1 unspecified atom stereocenters. The zero-order chi connectivity index (χ0) is 23.8. The quantitative estimate of drug-likeness (QED) is 0.428. The van der Waals surface area contributed by atoms with Crippen LogP contribution in [-0.2, 0) is 9.53 Å². The summed E-state index contributed by atoms with van der Waals surface area (Å²) < 4.78 is 12.5. The standard InChI is InChI=1S/C27H22N2O4S/c1-16-23(26(31)33-3)24(18-11-13-20(32-2)14-12-18)29-25(30)22(34-27(29)28-16)15-19-9-6-8-17-7-4-5-10-21(17)19/h4-15,24H,1-3H3. The maximum absolute atomic E-state index is 13.7. The van der Waals surface area contributed by atoms with Crippen LogP contribution in [0.15, 0.2) is 87.8 Å². The molecule has 1 aliphatic rings. The van der Waals surface area contributed by atoms with E-state index < -0.39 is 12.0 Å². The molecule has 0 saturated carbocycles. The number of methoxy groups -OCH3 is 2. The molecule has 34 heavy (non-hydrogen) atoms. The lowest BCUT2D eigenvalue weighted by atomic mass is 9.96. The molecule has 6 nitrogen and oxygen atoms in total. The largest absolute Gasteiger partial charge is 0.497 e. The molecule has 0 radical (unpaired) electrons. The summed E-state index contributed by atoms with van der Waals surface area (Å²) in [6, 6.07) is 20.8. The van der Waals surface area contributed by atoms with Gasteiger partial charge in [0, 0.05) is 0 Å². The molecule has 3 aromatic carbocycles. The zero-order valence-corrected chi connectivity index (χ0v) is 19.8. The number of thiazole rings is 1. The highest BCUT2D eigenvalue weighted by atomic mass is 32.1. The Morgan fingerprint density at radius 1 is 1.03 bits per heavy atom. The van der Waals surface area contributed by atoms with Gasteiger partial charge >= 0.3 is 5.97 Å². The third kappa shape index (κ3) is 3.64. The van der Waals surface area contributed by atoms with Crippen LogP contribution in [0.3, 0.4) is 0 Å². The van der Waals surface area contributed by atoms with Crippen molar-refractivity contribution in [3.05, 3.63) is 109 Å². The number of esters is 1. The second kappa shape index (κ2) is 8.76. The smallest absolute Gasteiger partial charge is 0.338 e. The highest BCUT2D eigenvalue weighted by molar-refractivity contribution is 7.07. The van der Waals surface area contributed by atoms with E-state index >= 15 is 0 Å². The number of rotatable bonds is 4.